The lowest BCUT2D eigenvalue weighted by Gasteiger charge is -2.13. The molecule has 2 aromatic rings. The largest absolute Gasteiger partial charge is 0.397 e. The minimum Gasteiger partial charge on any atom is -0.397 e. The average molecular weight is 289 g/mol. The number of hydrogen-bond donors (Lipinski definition) is 2. The highest BCUT2D eigenvalue weighted by Gasteiger charge is 2.10. The minimum atomic E-state index is -0.0631. The topological polar surface area (TPSA) is 97.3 Å². The van der Waals surface area contributed by atoms with Crippen molar-refractivity contribution in [3.8, 4) is 0 Å². The van der Waals surface area contributed by atoms with E-state index >= 15 is 0 Å². The number of nitrogens with one attached hydrogen (secondary N) is 1. The second-order valence-electron chi connectivity index (χ2n) is 4.91. The van der Waals surface area contributed by atoms with Gasteiger partial charge in [-0.3, -0.25) is 4.79 Å². The van der Waals surface area contributed by atoms with Gasteiger partial charge in [-0.05, 0) is 18.2 Å². The lowest BCUT2D eigenvalue weighted by Crippen LogP contribution is -2.22. The van der Waals surface area contributed by atoms with Crippen molar-refractivity contribution >= 4 is 17.3 Å². The van der Waals surface area contributed by atoms with E-state index in [1.807, 2.05) is 0 Å². The van der Waals surface area contributed by atoms with Gasteiger partial charge < -0.3 is 20.5 Å². The molecule has 112 valence electrons. The highest BCUT2D eigenvalue weighted by atomic mass is 16.5. The summed E-state index contributed by atoms with van der Waals surface area (Å²) in [4.78, 5) is 17.6. The Hall–Kier alpha value is -2.57. The summed E-state index contributed by atoms with van der Waals surface area (Å²) >= 11 is 0. The number of anilines is 2. The molecule has 0 aliphatic carbocycles. The van der Waals surface area contributed by atoms with E-state index < -0.39 is 0 Å². The summed E-state index contributed by atoms with van der Waals surface area (Å²) in [6.07, 6.45) is 0.614. The van der Waals surface area contributed by atoms with Crippen molar-refractivity contribution in [1.82, 2.24) is 15.0 Å². The van der Waals surface area contributed by atoms with Gasteiger partial charge in [-0.15, -0.1) is 0 Å². The Bertz CT molecular complexity index is 636. The molecule has 0 spiro atoms. The Morgan fingerprint density at radius 3 is 2.81 bits per heavy atom. The van der Waals surface area contributed by atoms with Crippen molar-refractivity contribution in [2.24, 2.45) is 0 Å². The highest BCUT2D eigenvalue weighted by Crippen LogP contribution is 2.20. The zero-order valence-corrected chi connectivity index (χ0v) is 12.4. The predicted molar refractivity (Wildman–Crippen MR) is 80.1 cm³/mol. The number of rotatable bonds is 5. The van der Waals surface area contributed by atoms with Crippen LogP contribution in [-0.2, 0) is 6.42 Å². The van der Waals surface area contributed by atoms with Gasteiger partial charge in [0.2, 0.25) is 5.89 Å². The van der Waals surface area contributed by atoms with Gasteiger partial charge in [0.1, 0.15) is 0 Å². The van der Waals surface area contributed by atoms with Crippen LogP contribution in [0.25, 0.3) is 0 Å². The molecule has 0 radical (unpaired) electrons. The number of amides is 1. The second-order valence-corrected chi connectivity index (χ2v) is 4.91. The number of aromatic nitrogens is 2. The molecule has 1 aromatic carbocycles. The van der Waals surface area contributed by atoms with E-state index in [0.29, 0.717) is 35.9 Å². The molecule has 0 saturated heterocycles. The van der Waals surface area contributed by atoms with E-state index in [1.165, 1.54) is 4.90 Å². The van der Waals surface area contributed by atoms with E-state index in [1.54, 1.807) is 39.2 Å². The Kier molecular flexibility index (Phi) is 4.42. The molecule has 0 atom stereocenters. The zero-order chi connectivity index (χ0) is 15.4. The Labute approximate surface area is 123 Å². The summed E-state index contributed by atoms with van der Waals surface area (Å²) in [5.74, 6) is 1.12. The molecule has 1 heterocycles. The molecular weight excluding hydrogens is 270 g/mol. The van der Waals surface area contributed by atoms with E-state index in [0.717, 1.165) is 5.69 Å². The fraction of sp³-hybridized carbons (Fsp3) is 0.357. The zero-order valence-electron chi connectivity index (χ0n) is 12.4. The quantitative estimate of drug-likeness (QED) is 0.806. The van der Waals surface area contributed by atoms with Gasteiger partial charge in [-0.25, -0.2) is 0 Å². The molecule has 0 fully saturated rings. The van der Waals surface area contributed by atoms with Crippen LogP contribution >= 0.6 is 0 Å². The summed E-state index contributed by atoms with van der Waals surface area (Å²) in [7, 11) is 3.43. The number of nitrogen functional groups attached to an aromatic ring is 1. The summed E-state index contributed by atoms with van der Waals surface area (Å²) in [5.41, 5.74) is 7.82. The maximum absolute atomic E-state index is 11.9. The van der Waals surface area contributed by atoms with Gasteiger partial charge >= 0.3 is 0 Å². The van der Waals surface area contributed by atoms with E-state index in [9.17, 15) is 4.79 Å². The lowest BCUT2D eigenvalue weighted by molar-refractivity contribution is 0.0827. The first-order chi connectivity index (χ1) is 9.97. The molecule has 0 saturated carbocycles. The van der Waals surface area contributed by atoms with Crippen LogP contribution in [0.4, 0.5) is 11.4 Å². The number of benzene rings is 1. The molecule has 7 nitrogen and oxygen atoms in total. The van der Waals surface area contributed by atoms with Gasteiger partial charge in [0.05, 0.1) is 11.4 Å². The van der Waals surface area contributed by atoms with Gasteiger partial charge in [0.25, 0.3) is 5.91 Å². The van der Waals surface area contributed by atoms with E-state index in [4.69, 9.17) is 10.3 Å². The summed E-state index contributed by atoms with van der Waals surface area (Å²) in [6, 6.07) is 5.18. The van der Waals surface area contributed by atoms with Crippen LogP contribution in [0.15, 0.2) is 22.7 Å². The average Bonchev–Trinajstić information content (AvgIpc) is 2.85. The Morgan fingerprint density at radius 2 is 2.19 bits per heavy atom. The molecule has 0 bridgehead atoms. The molecule has 7 heteroatoms. The fourth-order valence-electron chi connectivity index (χ4n) is 1.85. The van der Waals surface area contributed by atoms with Crippen LogP contribution in [0.1, 0.15) is 22.1 Å². The lowest BCUT2D eigenvalue weighted by atomic mass is 10.1. The SMILES string of the molecule is Cc1nc(CCNc2cc(C(=O)N(C)C)ccc2N)no1. The van der Waals surface area contributed by atoms with Crippen LogP contribution in [0.3, 0.4) is 0 Å². The molecule has 3 N–H and O–H groups in total. The number of aryl methyl sites for hydroxylation is 1. The molecule has 21 heavy (non-hydrogen) atoms. The fourth-order valence-corrected chi connectivity index (χ4v) is 1.85. The normalized spacial score (nSPS) is 10.4. The smallest absolute Gasteiger partial charge is 0.253 e. The molecule has 1 amide bonds. The van der Waals surface area contributed by atoms with Crippen LogP contribution in [0.2, 0.25) is 0 Å². The van der Waals surface area contributed by atoms with Gasteiger partial charge in [-0.1, -0.05) is 5.16 Å². The van der Waals surface area contributed by atoms with Crippen molar-refractivity contribution in [1.29, 1.82) is 0 Å². The van der Waals surface area contributed by atoms with Crippen molar-refractivity contribution in [3.05, 3.63) is 35.5 Å². The third-order valence-corrected chi connectivity index (χ3v) is 2.94. The van der Waals surface area contributed by atoms with Crippen LogP contribution in [0, 0.1) is 6.92 Å². The summed E-state index contributed by atoms with van der Waals surface area (Å²) in [6.45, 7) is 2.35. The summed E-state index contributed by atoms with van der Waals surface area (Å²) in [5, 5.41) is 7.01. The standard InChI is InChI=1S/C14H19N5O2/c1-9-17-13(18-21-9)6-7-16-12-8-10(4-5-11(12)15)14(20)19(2)3/h4-5,8,16H,6-7,15H2,1-3H3. The van der Waals surface area contributed by atoms with Crippen LogP contribution < -0.4 is 11.1 Å². The third-order valence-electron chi connectivity index (χ3n) is 2.94. The minimum absolute atomic E-state index is 0.0631. The van der Waals surface area contributed by atoms with Crippen molar-refractivity contribution < 1.29 is 9.32 Å². The monoisotopic (exact) mass is 289 g/mol. The van der Waals surface area contributed by atoms with Crippen molar-refractivity contribution in [2.75, 3.05) is 31.7 Å². The number of nitrogens with zero attached hydrogens (tertiary/aromatic N) is 3. The highest BCUT2D eigenvalue weighted by molar-refractivity contribution is 5.95. The Morgan fingerprint density at radius 1 is 1.43 bits per heavy atom. The molecule has 0 aliphatic rings. The maximum Gasteiger partial charge on any atom is 0.253 e. The van der Waals surface area contributed by atoms with Gasteiger partial charge in [0.15, 0.2) is 5.82 Å². The second kappa shape index (κ2) is 6.25. The first-order valence-corrected chi connectivity index (χ1v) is 6.61. The van der Waals surface area contributed by atoms with E-state index in [-0.39, 0.29) is 5.91 Å². The number of hydrogen-bond acceptors (Lipinski definition) is 6. The first kappa shape index (κ1) is 14.8. The van der Waals surface area contributed by atoms with Crippen molar-refractivity contribution in [2.45, 2.75) is 13.3 Å². The predicted octanol–water partition coefficient (Wildman–Crippen LogP) is 1.32. The van der Waals surface area contributed by atoms with Crippen LogP contribution in [0.5, 0.6) is 0 Å². The molecule has 1 aromatic heterocycles. The third kappa shape index (κ3) is 3.71. The van der Waals surface area contributed by atoms with E-state index in [2.05, 4.69) is 15.5 Å². The first-order valence-electron chi connectivity index (χ1n) is 6.61. The number of carbonyl (C=O) groups is 1. The Balaban J connectivity index is 2.02. The maximum atomic E-state index is 11.9. The van der Waals surface area contributed by atoms with Crippen LogP contribution in [-0.4, -0.2) is 41.6 Å². The van der Waals surface area contributed by atoms with Gasteiger partial charge in [0, 0.05) is 39.5 Å². The molecule has 0 aliphatic heterocycles. The molecule has 2 rings (SSSR count). The van der Waals surface area contributed by atoms with Crippen molar-refractivity contribution in [3.63, 3.8) is 0 Å². The summed E-state index contributed by atoms with van der Waals surface area (Å²) < 4.78 is 4.90. The number of nitrogens with two attached hydrogens (primary N) is 1. The molecule has 0 unspecified atom stereocenters. The van der Waals surface area contributed by atoms with Gasteiger partial charge in [-0.2, -0.15) is 4.98 Å². The molecular formula is C14H19N5O2. The number of carbonyl (C=O) groups excluding carboxylic acids is 1.